The molecule has 82 valence electrons. The molecule has 0 aliphatic rings. The average molecular weight is 224 g/mol. The maximum Gasteiger partial charge on any atom is 0.368 e. The van der Waals surface area contributed by atoms with Crippen molar-refractivity contribution in [3.05, 3.63) is 35.9 Å². The third-order valence-electron chi connectivity index (χ3n) is 1.59. The lowest BCUT2D eigenvalue weighted by Crippen LogP contribution is -2.12. The van der Waals surface area contributed by atoms with Crippen molar-refractivity contribution >= 4 is 17.1 Å². The highest BCUT2D eigenvalue weighted by Gasteiger charge is 2.17. The maximum atomic E-state index is 11.4. The Hall–Kier alpha value is -0.960. The number of ether oxygens (including phenoxy) is 1. The molecule has 15 heavy (non-hydrogen) atoms. The molecular formula is C12H16O2S. The van der Waals surface area contributed by atoms with Crippen molar-refractivity contribution in [3.8, 4) is 0 Å². The van der Waals surface area contributed by atoms with E-state index in [1.54, 1.807) is 0 Å². The summed E-state index contributed by atoms with van der Waals surface area (Å²) in [6.45, 7) is 6.31. The van der Waals surface area contributed by atoms with Gasteiger partial charge in [-0.1, -0.05) is 51.1 Å². The molecule has 0 bridgehead atoms. The highest BCUT2D eigenvalue weighted by Crippen LogP contribution is 2.25. The minimum absolute atomic E-state index is 0.0895. The summed E-state index contributed by atoms with van der Waals surface area (Å²) >= 11 is 1.21. The second kappa shape index (κ2) is 5.21. The maximum absolute atomic E-state index is 11.4. The van der Waals surface area contributed by atoms with Crippen LogP contribution in [0.4, 0.5) is 4.79 Å². The molecule has 0 spiro atoms. The first kappa shape index (κ1) is 12.1. The van der Waals surface area contributed by atoms with Crippen LogP contribution in [-0.4, -0.2) is 10.0 Å². The van der Waals surface area contributed by atoms with Crippen LogP contribution in [0.2, 0.25) is 0 Å². The second-order valence-electron chi connectivity index (χ2n) is 4.24. The first-order valence-electron chi connectivity index (χ1n) is 4.87. The van der Waals surface area contributed by atoms with Gasteiger partial charge in [0.15, 0.2) is 0 Å². The number of hydrogen-bond donors (Lipinski definition) is 0. The Balaban J connectivity index is 2.35. The normalized spacial score (nSPS) is 11.1. The van der Waals surface area contributed by atoms with E-state index < -0.39 is 0 Å². The molecule has 0 aromatic heterocycles. The minimum Gasteiger partial charge on any atom is -0.453 e. The van der Waals surface area contributed by atoms with E-state index in [9.17, 15) is 4.79 Å². The summed E-state index contributed by atoms with van der Waals surface area (Å²) in [7, 11) is 0. The molecular weight excluding hydrogens is 208 g/mol. The SMILES string of the molecule is CC(C)(C)SC(=O)OCc1ccccc1. The summed E-state index contributed by atoms with van der Waals surface area (Å²) in [5.74, 6) is 0. The number of benzene rings is 1. The highest BCUT2D eigenvalue weighted by atomic mass is 32.2. The van der Waals surface area contributed by atoms with Gasteiger partial charge in [-0.25, -0.2) is 4.79 Å². The van der Waals surface area contributed by atoms with Crippen molar-refractivity contribution < 1.29 is 9.53 Å². The molecule has 0 radical (unpaired) electrons. The van der Waals surface area contributed by atoms with Crippen molar-refractivity contribution in [2.75, 3.05) is 0 Å². The topological polar surface area (TPSA) is 26.3 Å². The molecule has 1 rings (SSSR count). The monoisotopic (exact) mass is 224 g/mol. The van der Waals surface area contributed by atoms with Gasteiger partial charge < -0.3 is 4.74 Å². The van der Waals surface area contributed by atoms with Crippen molar-refractivity contribution in [3.63, 3.8) is 0 Å². The van der Waals surface area contributed by atoms with Crippen LogP contribution in [0.25, 0.3) is 0 Å². The van der Waals surface area contributed by atoms with Gasteiger partial charge in [0.1, 0.15) is 6.61 Å². The summed E-state index contributed by atoms with van der Waals surface area (Å²) in [6, 6.07) is 9.68. The van der Waals surface area contributed by atoms with Crippen LogP contribution in [0, 0.1) is 0 Å². The number of carbonyl (C=O) groups excluding carboxylic acids is 1. The number of rotatable bonds is 2. The summed E-state index contributed by atoms with van der Waals surface area (Å²) in [5, 5.41) is -0.216. The van der Waals surface area contributed by atoms with E-state index in [4.69, 9.17) is 4.74 Å². The van der Waals surface area contributed by atoms with E-state index in [1.807, 2.05) is 51.1 Å². The van der Waals surface area contributed by atoms with E-state index >= 15 is 0 Å². The van der Waals surface area contributed by atoms with E-state index in [0.29, 0.717) is 6.61 Å². The lowest BCUT2D eigenvalue weighted by atomic mass is 10.2. The van der Waals surface area contributed by atoms with Gasteiger partial charge in [-0.2, -0.15) is 0 Å². The molecule has 0 N–H and O–H groups in total. The fraction of sp³-hybridized carbons (Fsp3) is 0.417. The molecule has 0 atom stereocenters. The van der Waals surface area contributed by atoms with Gasteiger partial charge >= 0.3 is 5.30 Å². The van der Waals surface area contributed by atoms with Crippen LogP contribution in [0.5, 0.6) is 0 Å². The molecule has 3 heteroatoms. The molecule has 0 saturated carbocycles. The van der Waals surface area contributed by atoms with Gasteiger partial charge in [0, 0.05) is 4.75 Å². The first-order valence-corrected chi connectivity index (χ1v) is 5.69. The van der Waals surface area contributed by atoms with Crippen LogP contribution in [-0.2, 0) is 11.3 Å². The third kappa shape index (κ3) is 5.47. The Labute approximate surface area is 95.0 Å². The summed E-state index contributed by atoms with van der Waals surface area (Å²) in [5.41, 5.74) is 1.01. The van der Waals surface area contributed by atoms with E-state index in [1.165, 1.54) is 11.8 Å². The van der Waals surface area contributed by atoms with Crippen LogP contribution in [0.15, 0.2) is 30.3 Å². The van der Waals surface area contributed by atoms with Crippen molar-refractivity contribution in [1.29, 1.82) is 0 Å². The van der Waals surface area contributed by atoms with Crippen LogP contribution < -0.4 is 0 Å². The van der Waals surface area contributed by atoms with Gasteiger partial charge in [0.25, 0.3) is 0 Å². The third-order valence-corrected chi connectivity index (χ3v) is 2.49. The molecule has 2 nitrogen and oxygen atoms in total. The highest BCUT2D eigenvalue weighted by molar-refractivity contribution is 8.14. The zero-order chi connectivity index (χ0) is 11.3. The van der Waals surface area contributed by atoms with Crippen LogP contribution >= 0.6 is 11.8 Å². The molecule has 1 aromatic carbocycles. The van der Waals surface area contributed by atoms with Gasteiger partial charge in [-0.05, 0) is 17.3 Å². The lowest BCUT2D eigenvalue weighted by Gasteiger charge is -2.15. The van der Waals surface area contributed by atoms with E-state index in [0.717, 1.165) is 5.56 Å². The zero-order valence-electron chi connectivity index (χ0n) is 9.32. The molecule has 0 amide bonds. The predicted molar refractivity (Wildman–Crippen MR) is 64.0 cm³/mol. The average Bonchev–Trinajstić information content (AvgIpc) is 2.14. The Morgan fingerprint density at radius 2 is 1.87 bits per heavy atom. The fourth-order valence-corrected chi connectivity index (χ4v) is 1.61. The van der Waals surface area contributed by atoms with Crippen molar-refractivity contribution in [2.45, 2.75) is 32.1 Å². The molecule has 0 heterocycles. The Morgan fingerprint density at radius 1 is 1.27 bits per heavy atom. The predicted octanol–water partition coefficient (Wildman–Crippen LogP) is 3.85. The smallest absolute Gasteiger partial charge is 0.368 e. The quantitative estimate of drug-likeness (QED) is 0.714. The molecule has 0 unspecified atom stereocenters. The zero-order valence-corrected chi connectivity index (χ0v) is 10.1. The Bertz CT molecular complexity index is 314. The van der Waals surface area contributed by atoms with Crippen LogP contribution in [0.3, 0.4) is 0 Å². The summed E-state index contributed by atoms with van der Waals surface area (Å²) in [4.78, 5) is 11.4. The second-order valence-corrected chi connectivity index (χ2v) is 6.00. The minimum atomic E-state index is -0.216. The number of hydrogen-bond acceptors (Lipinski definition) is 3. The van der Waals surface area contributed by atoms with Gasteiger partial charge in [-0.15, -0.1) is 0 Å². The molecule has 0 fully saturated rings. The fourth-order valence-electron chi connectivity index (χ4n) is 0.996. The largest absolute Gasteiger partial charge is 0.453 e. The van der Waals surface area contributed by atoms with Crippen LogP contribution in [0.1, 0.15) is 26.3 Å². The van der Waals surface area contributed by atoms with E-state index in [2.05, 4.69) is 0 Å². The molecule has 0 aliphatic heterocycles. The van der Waals surface area contributed by atoms with Gasteiger partial charge in [-0.3, -0.25) is 0 Å². The molecule has 0 aliphatic carbocycles. The van der Waals surface area contributed by atoms with E-state index in [-0.39, 0.29) is 10.0 Å². The van der Waals surface area contributed by atoms with Gasteiger partial charge in [0.2, 0.25) is 0 Å². The molecule has 1 aromatic rings. The van der Waals surface area contributed by atoms with Gasteiger partial charge in [0.05, 0.1) is 0 Å². The number of carbonyl (C=O) groups is 1. The standard InChI is InChI=1S/C12H16O2S/c1-12(2,3)15-11(13)14-9-10-7-5-4-6-8-10/h4-8H,9H2,1-3H3. The lowest BCUT2D eigenvalue weighted by molar-refractivity contribution is 0.168. The van der Waals surface area contributed by atoms with Crippen molar-refractivity contribution in [1.82, 2.24) is 0 Å². The molecule has 0 saturated heterocycles. The van der Waals surface area contributed by atoms with Crippen molar-refractivity contribution in [2.24, 2.45) is 0 Å². The Kier molecular flexibility index (Phi) is 4.21. The summed E-state index contributed by atoms with van der Waals surface area (Å²) in [6.07, 6.45) is 0. The first-order chi connectivity index (χ1) is 6.97. The Morgan fingerprint density at radius 3 is 2.40 bits per heavy atom. The summed E-state index contributed by atoms with van der Waals surface area (Å²) < 4.78 is 5.04. The number of thioether (sulfide) groups is 1.